The predicted molar refractivity (Wildman–Crippen MR) is 87.8 cm³/mol. The second-order valence-electron chi connectivity index (χ2n) is 5.53. The van der Waals surface area contributed by atoms with Crippen LogP contribution in [0, 0.1) is 5.82 Å². The Kier molecular flexibility index (Phi) is 4.65. The van der Waals surface area contributed by atoms with E-state index in [9.17, 15) is 9.18 Å². The molecule has 24 heavy (non-hydrogen) atoms. The van der Waals surface area contributed by atoms with E-state index in [1.54, 1.807) is 23.0 Å². The lowest BCUT2D eigenvalue weighted by molar-refractivity contribution is 0.0934. The van der Waals surface area contributed by atoms with E-state index in [1.165, 1.54) is 12.1 Å². The van der Waals surface area contributed by atoms with E-state index in [-0.39, 0.29) is 23.5 Å². The summed E-state index contributed by atoms with van der Waals surface area (Å²) in [5, 5.41) is 10.7. The van der Waals surface area contributed by atoms with Gasteiger partial charge in [0.1, 0.15) is 5.82 Å². The molecule has 0 fully saturated rings. The molecule has 2 aromatic carbocycles. The van der Waals surface area contributed by atoms with E-state index in [1.807, 2.05) is 37.3 Å². The zero-order valence-electron chi connectivity index (χ0n) is 13.2. The molecule has 0 aliphatic carbocycles. The molecule has 0 saturated carbocycles. The Hall–Kier alpha value is -3.02. The number of hydrogen-bond acceptors (Lipinski definition) is 3. The van der Waals surface area contributed by atoms with Crippen molar-refractivity contribution >= 4 is 5.91 Å². The van der Waals surface area contributed by atoms with Crippen molar-refractivity contribution in [2.45, 2.75) is 19.5 Å². The van der Waals surface area contributed by atoms with E-state index in [4.69, 9.17) is 0 Å². The lowest BCUT2D eigenvalue weighted by Gasteiger charge is -2.13. The molecule has 6 heteroatoms. The minimum absolute atomic E-state index is 0.250. The number of nitrogens with one attached hydrogen (secondary N) is 1. The largest absolute Gasteiger partial charge is 0.344 e. The molecule has 0 spiro atoms. The average molecular weight is 324 g/mol. The predicted octanol–water partition coefficient (Wildman–Crippen LogP) is 2.96. The van der Waals surface area contributed by atoms with E-state index in [0.717, 1.165) is 11.1 Å². The molecule has 122 valence electrons. The third kappa shape index (κ3) is 3.84. The molecule has 1 heterocycles. The number of benzene rings is 2. The van der Waals surface area contributed by atoms with Crippen LogP contribution >= 0.6 is 0 Å². The van der Waals surface area contributed by atoms with Crippen LogP contribution in [-0.4, -0.2) is 20.9 Å². The van der Waals surface area contributed by atoms with Crippen molar-refractivity contribution in [3.8, 4) is 0 Å². The maximum absolute atomic E-state index is 13.0. The van der Waals surface area contributed by atoms with Crippen molar-refractivity contribution in [3.05, 3.63) is 83.4 Å². The van der Waals surface area contributed by atoms with E-state index >= 15 is 0 Å². The van der Waals surface area contributed by atoms with Crippen LogP contribution in [0.2, 0.25) is 0 Å². The molecule has 3 aromatic rings. The molecular formula is C18H17FN4O. The fourth-order valence-corrected chi connectivity index (χ4v) is 2.36. The van der Waals surface area contributed by atoms with Gasteiger partial charge in [0.05, 0.1) is 18.8 Å². The Balaban J connectivity index is 1.64. The minimum Gasteiger partial charge on any atom is -0.344 e. The number of nitrogens with zero attached hydrogens (tertiary/aromatic N) is 3. The zero-order chi connectivity index (χ0) is 16.9. The quantitative estimate of drug-likeness (QED) is 0.785. The van der Waals surface area contributed by atoms with Gasteiger partial charge in [0.25, 0.3) is 5.91 Å². The molecule has 1 amide bonds. The fourth-order valence-electron chi connectivity index (χ4n) is 2.36. The van der Waals surface area contributed by atoms with Crippen LogP contribution in [-0.2, 0) is 6.54 Å². The molecule has 0 aliphatic heterocycles. The van der Waals surface area contributed by atoms with E-state index in [2.05, 4.69) is 15.6 Å². The molecule has 1 atom stereocenters. The summed E-state index contributed by atoms with van der Waals surface area (Å²) < 4.78 is 14.6. The normalized spacial score (nSPS) is 11.9. The summed E-state index contributed by atoms with van der Waals surface area (Å²) in [7, 11) is 0. The Morgan fingerprint density at radius 3 is 2.58 bits per heavy atom. The number of amides is 1. The molecule has 1 aromatic heterocycles. The van der Waals surface area contributed by atoms with Gasteiger partial charge in [-0.05, 0) is 30.2 Å². The second-order valence-corrected chi connectivity index (χ2v) is 5.53. The monoisotopic (exact) mass is 324 g/mol. The van der Waals surface area contributed by atoms with Gasteiger partial charge in [0, 0.05) is 0 Å². The fraction of sp³-hybridized carbons (Fsp3) is 0.167. The zero-order valence-corrected chi connectivity index (χ0v) is 13.2. The smallest absolute Gasteiger partial charge is 0.273 e. The number of rotatable bonds is 5. The summed E-state index contributed by atoms with van der Waals surface area (Å²) in [4.78, 5) is 12.3. The number of halogens is 1. The van der Waals surface area contributed by atoms with Crippen LogP contribution in [0.3, 0.4) is 0 Å². The van der Waals surface area contributed by atoms with Crippen LogP contribution in [0.5, 0.6) is 0 Å². The van der Waals surface area contributed by atoms with Gasteiger partial charge in [-0.1, -0.05) is 47.7 Å². The first-order chi connectivity index (χ1) is 11.6. The van der Waals surface area contributed by atoms with Crippen LogP contribution in [0.15, 0.2) is 60.8 Å². The first-order valence-electron chi connectivity index (χ1n) is 7.62. The van der Waals surface area contributed by atoms with Gasteiger partial charge < -0.3 is 5.32 Å². The number of hydrogen-bond donors (Lipinski definition) is 1. The Morgan fingerprint density at radius 2 is 1.88 bits per heavy atom. The first kappa shape index (κ1) is 15.9. The highest BCUT2D eigenvalue weighted by molar-refractivity contribution is 5.92. The lowest BCUT2D eigenvalue weighted by atomic mass is 10.1. The highest BCUT2D eigenvalue weighted by Gasteiger charge is 2.15. The summed E-state index contributed by atoms with van der Waals surface area (Å²) in [5.74, 6) is -0.618. The van der Waals surface area contributed by atoms with Crippen LogP contribution in [0.25, 0.3) is 0 Å². The number of carbonyl (C=O) groups is 1. The molecular weight excluding hydrogens is 307 g/mol. The van der Waals surface area contributed by atoms with Gasteiger partial charge in [-0.25, -0.2) is 9.07 Å². The lowest BCUT2D eigenvalue weighted by Crippen LogP contribution is -2.27. The maximum Gasteiger partial charge on any atom is 0.273 e. The van der Waals surface area contributed by atoms with E-state index < -0.39 is 0 Å². The van der Waals surface area contributed by atoms with Crippen molar-refractivity contribution in [2.24, 2.45) is 0 Å². The van der Waals surface area contributed by atoms with Crippen LogP contribution in [0.1, 0.15) is 34.6 Å². The first-order valence-corrected chi connectivity index (χ1v) is 7.62. The summed E-state index contributed by atoms with van der Waals surface area (Å²) in [6.45, 7) is 2.38. The molecule has 0 aliphatic rings. The van der Waals surface area contributed by atoms with Gasteiger partial charge in [-0.3, -0.25) is 4.79 Å². The summed E-state index contributed by atoms with van der Waals surface area (Å²) >= 11 is 0. The van der Waals surface area contributed by atoms with Gasteiger partial charge in [0.15, 0.2) is 5.69 Å². The summed E-state index contributed by atoms with van der Waals surface area (Å²) in [6.07, 6.45) is 1.61. The van der Waals surface area contributed by atoms with Crippen molar-refractivity contribution < 1.29 is 9.18 Å². The third-order valence-corrected chi connectivity index (χ3v) is 3.68. The van der Waals surface area contributed by atoms with E-state index in [0.29, 0.717) is 6.54 Å². The van der Waals surface area contributed by atoms with Gasteiger partial charge in [-0.2, -0.15) is 0 Å². The Bertz CT molecular complexity index is 815. The highest BCUT2D eigenvalue weighted by Crippen LogP contribution is 2.13. The van der Waals surface area contributed by atoms with Gasteiger partial charge in [0.2, 0.25) is 0 Å². The molecule has 1 N–H and O–H groups in total. The number of aromatic nitrogens is 3. The third-order valence-electron chi connectivity index (χ3n) is 3.68. The minimum atomic E-state index is -0.314. The topological polar surface area (TPSA) is 59.8 Å². The molecule has 0 bridgehead atoms. The summed E-state index contributed by atoms with van der Waals surface area (Å²) in [5.41, 5.74) is 2.15. The van der Waals surface area contributed by atoms with Crippen molar-refractivity contribution in [1.82, 2.24) is 20.3 Å². The standard InChI is InChI=1S/C18H17FN4O/c1-13(15-7-9-16(19)10-8-15)20-18(24)17-12-23(22-21-17)11-14-5-3-2-4-6-14/h2-10,12-13H,11H2,1H3,(H,20,24)/t13-/m1/s1. The molecule has 5 nitrogen and oxygen atoms in total. The molecule has 0 radical (unpaired) electrons. The highest BCUT2D eigenvalue weighted by atomic mass is 19.1. The SMILES string of the molecule is C[C@@H](NC(=O)c1cn(Cc2ccccc2)nn1)c1ccc(F)cc1. The van der Waals surface area contributed by atoms with Gasteiger partial charge in [-0.15, -0.1) is 5.10 Å². The Morgan fingerprint density at radius 1 is 1.17 bits per heavy atom. The molecule has 3 rings (SSSR count). The summed E-state index contributed by atoms with van der Waals surface area (Å²) in [6, 6.07) is 15.6. The average Bonchev–Trinajstić information content (AvgIpc) is 3.05. The van der Waals surface area contributed by atoms with Crippen molar-refractivity contribution in [2.75, 3.05) is 0 Å². The van der Waals surface area contributed by atoms with Gasteiger partial charge >= 0.3 is 0 Å². The maximum atomic E-state index is 13.0. The van der Waals surface area contributed by atoms with Crippen LogP contribution < -0.4 is 5.32 Å². The Labute approximate surface area is 139 Å². The molecule has 0 unspecified atom stereocenters. The van der Waals surface area contributed by atoms with Crippen LogP contribution in [0.4, 0.5) is 4.39 Å². The van der Waals surface area contributed by atoms with Crippen molar-refractivity contribution in [3.63, 3.8) is 0 Å². The molecule has 0 saturated heterocycles. The second kappa shape index (κ2) is 7.04. The van der Waals surface area contributed by atoms with Crippen molar-refractivity contribution in [1.29, 1.82) is 0 Å². The number of carbonyl (C=O) groups excluding carboxylic acids is 1.